The molecule has 0 bridgehead atoms. The fourth-order valence-electron chi connectivity index (χ4n) is 1.65. The zero-order valence-corrected chi connectivity index (χ0v) is 11.3. The van der Waals surface area contributed by atoms with E-state index in [1.54, 1.807) is 6.92 Å². The Morgan fingerprint density at radius 3 is 2.58 bits per heavy atom. The molecule has 4 N–H and O–H groups in total. The molecule has 0 saturated heterocycles. The standard InChI is InChI=1S/C11H15FN2O4S/c1-6(5-19(2,17)18)14-10-3-7(11(15)16)9(13)4-8(10)12/h3-4,6,14H,5,13H2,1-2H3,(H,15,16). The number of halogens is 1. The maximum atomic E-state index is 13.6. The summed E-state index contributed by atoms with van der Waals surface area (Å²) in [5, 5.41) is 11.5. The molecule has 0 heterocycles. The van der Waals surface area contributed by atoms with Gasteiger partial charge in [0.25, 0.3) is 0 Å². The van der Waals surface area contributed by atoms with Crippen molar-refractivity contribution in [2.75, 3.05) is 23.1 Å². The number of benzene rings is 1. The van der Waals surface area contributed by atoms with Crippen molar-refractivity contribution in [2.45, 2.75) is 13.0 Å². The molecule has 0 aliphatic carbocycles. The van der Waals surface area contributed by atoms with Crippen molar-refractivity contribution >= 4 is 27.2 Å². The normalized spacial score (nSPS) is 13.0. The van der Waals surface area contributed by atoms with Crippen molar-refractivity contribution < 1.29 is 22.7 Å². The number of hydrogen-bond acceptors (Lipinski definition) is 5. The number of anilines is 2. The van der Waals surface area contributed by atoms with E-state index in [9.17, 15) is 17.6 Å². The van der Waals surface area contributed by atoms with Crippen molar-refractivity contribution in [3.8, 4) is 0 Å². The smallest absolute Gasteiger partial charge is 0.337 e. The monoisotopic (exact) mass is 290 g/mol. The van der Waals surface area contributed by atoms with E-state index in [4.69, 9.17) is 10.8 Å². The summed E-state index contributed by atoms with van der Waals surface area (Å²) in [5.41, 5.74) is 4.86. The molecule has 0 spiro atoms. The van der Waals surface area contributed by atoms with Crippen LogP contribution in [0.3, 0.4) is 0 Å². The van der Waals surface area contributed by atoms with Crippen LogP contribution in [0.2, 0.25) is 0 Å². The molecule has 0 radical (unpaired) electrons. The lowest BCUT2D eigenvalue weighted by Gasteiger charge is -2.16. The minimum Gasteiger partial charge on any atom is -0.478 e. The number of carboxylic acid groups (broad SMARTS) is 1. The molecule has 0 amide bonds. The summed E-state index contributed by atoms with van der Waals surface area (Å²) in [7, 11) is -3.22. The van der Waals surface area contributed by atoms with Crippen LogP contribution in [-0.4, -0.2) is 37.5 Å². The van der Waals surface area contributed by atoms with Crippen molar-refractivity contribution in [1.82, 2.24) is 0 Å². The number of nitrogens with one attached hydrogen (secondary N) is 1. The van der Waals surface area contributed by atoms with Gasteiger partial charge in [0.05, 0.1) is 17.0 Å². The molecule has 0 fully saturated rings. The average Bonchev–Trinajstić information content (AvgIpc) is 2.18. The van der Waals surface area contributed by atoms with Crippen LogP contribution >= 0.6 is 0 Å². The third-order valence-corrected chi connectivity index (χ3v) is 3.43. The summed E-state index contributed by atoms with van der Waals surface area (Å²) in [6, 6.07) is 1.37. The van der Waals surface area contributed by atoms with Crippen molar-refractivity contribution in [3.05, 3.63) is 23.5 Å². The van der Waals surface area contributed by atoms with Gasteiger partial charge in [0.1, 0.15) is 15.7 Å². The van der Waals surface area contributed by atoms with Crippen LogP contribution in [0.25, 0.3) is 0 Å². The van der Waals surface area contributed by atoms with Crippen molar-refractivity contribution in [1.29, 1.82) is 0 Å². The highest BCUT2D eigenvalue weighted by Gasteiger charge is 2.16. The van der Waals surface area contributed by atoms with Gasteiger partial charge in [-0.15, -0.1) is 0 Å². The minimum absolute atomic E-state index is 0.0947. The highest BCUT2D eigenvalue weighted by atomic mass is 32.2. The van der Waals surface area contributed by atoms with Gasteiger partial charge in [0.15, 0.2) is 0 Å². The molecule has 6 nitrogen and oxygen atoms in total. The molecule has 1 atom stereocenters. The molecular weight excluding hydrogens is 275 g/mol. The number of carbonyl (C=O) groups is 1. The van der Waals surface area contributed by atoms with E-state index in [1.165, 1.54) is 0 Å². The highest BCUT2D eigenvalue weighted by Crippen LogP contribution is 2.23. The minimum atomic E-state index is -3.22. The Labute approximate surface area is 110 Å². The average molecular weight is 290 g/mol. The predicted octanol–water partition coefficient (Wildman–Crippen LogP) is 0.951. The van der Waals surface area contributed by atoms with Crippen molar-refractivity contribution in [3.63, 3.8) is 0 Å². The molecule has 0 aliphatic heterocycles. The Morgan fingerprint density at radius 1 is 1.53 bits per heavy atom. The Kier molecular flexibility index (Phi) is 4.35. The van der Waals surface area contributed by atoms with Gasteiger partial charge in [-0.1, -0.05) is 0 Å². The molecule has 1 unspecified atom stereocenters. The first kappa shape index (κ1) is 15.2. The van der Waals surface area contributed by atoms with Crippen LogP contribution in [-0.2, 0) is 9.84 Å². The molecule has 19 heavy (non-hydrogen) atoms. The van der Waals surface area contributed by atoms with E-state index < -0.39 is 27.7 Å². The summed E-state index contributed by atoms with van der Waals surface area (Å²) in [4.78, 5) is 10.9. The zero-order valence-electron chi connectivity index (χ0n) is 10.5. The van der Waals surface area contributed by atoms with Gasteiger partial charge in [0, 0.05) is 18.0 Å². The molecule has 8 heteroatoms. The van der Waals surface area contributed by atoms with E-state index >= 15 is 0 Å². The van der Waals surface area contributed by atoms with Crippen LogP contribution < -0.4 is 11.1 Å². The van der Waals surface area contributed by atoms with Gasteiger partial charge in [-0.2, -0.15) is 0 Å². The van der Waals surface area contributed by atoms with Gasteiger partial charge in [0.2, 0.25) is 0 Å². The fraction of sp³-hybridized carbons (Fsp3) is 0.364. The molecule has 0 aliphatic rings. The third kappa shape index (κ3) is 4.40. The Bertz CT molecular complexity index is 601. The molecule has 106 valence electrons. The quantitative estimate of drug-likeness (QED) is 0.697. The molecule has 0 saturated carbocycles. The molecular formula is C11H15FN2O4S. The lowest BCUT2D eigenvalue weighted by atomic mass is 10.1. The third-order valence-electron chi connectivity index (χ3n) is 2.32. The van der Waals surface area contributed by atoms with Crippen molar-refractivity contribution in [2.24, 2.45) is 0 Å². The Morgan fingerprint density at radius 2 is 2.11 bits per heavy atom. The molecule has 0 aromatic heterocycles. The van der Waals surface area contributed by atoms with Crippen LogP contribution in [0.4, 0.5) is 15.8 Å². The summed E-state index contributed by atoms with van der Waals surface area (Å²) < 4.78 is 35.8. The maximum Gasteiger partial charge on any atom is 0.337 e. The Balaban J connectivity index is 3.01. The van der Waals surface area contributed by atoms with E-state index in [0.717, 1.165) is 18.4 Å². The summed E-state index contributed by atoms with van der Waals surface area (Å²) in [6.07, 6.45) is 1.06. The SMILES string of the molecule is CC(CS(C)(=O)=O)Nc1cc(C(=O)O)c(N)cc1F. The van der Waals surface area contributed by atoms with E-state index in [1.807, 2.05) is 0 Å². The van der Waals surface area contributed by atoms with Crippen LogP contribution in [0.1, 0.15) is 17.3 Å². The second-order valence-corrected chi connectivity index (χ2v) is 6.55. The van der Waals surface area contributed by atoms with E-state index in [0.29, 0.717) is 0 Å². The lowest BCUT2D eigenvalue weighted by Crippen LogP contribution is -2.25. The van der Waals surface area contributed by atoms with Crippen LogP contribution in [0.15, 0.2) is 12.1 Å². The zero-order chi connectivity index (χ0) is 14.8. The summed E-state index contributed by atoms with van der Waals surface area (Å²) in [6.45, 7) is 1.55. The largest absolute Gasteiger partial charge is 0.478 e. The first-order valence-corrected chi connectivity index (χ1v) is 7.43. The molecule has 1 aromatic rings. The maximum absolute atomic E-state index is 13.6. The number of sulfone groups is 1. The first-order chi connectivity index (χ1) is 8.60. The first-order valence-electron chi connectivity index (χ1n) is 5.36. The van der Waals surface area contributed by atoms with Gasteiger partial charge in [-0.3, -0.25) is 0 Å². The second-order valence-electron chi connectivity index (χ2n) is 4.36. The number of nitrogens with two attached hydrogens (primary N) is 1. The van der Waals surface area contributed by atoms with Gasteiger partial charge in [-0.05, 0) is 19.1 Å². The second kappa shape index (κ2) is 5.43. The number of hydrogen-bond donors (Lipinski definition) is 3. The van der Waals surface area contributed by atoms with Crippen LogP contribution in [0.5, 0.6) is 0 Å². The predicted molar refractivity (Wildman–Crippen MR) is 70.6 cm³/mol. The van der Waals surface area contributed by atoms with Gasteiger partial charge < -0.3 is 16.2 Å². The number of aromatic carboxylic acids is 1. The van der Waals surface area contributed by atoms with E-state index in [-0.39, 0.29) is 22.7 Å². The number of carboxylic acids is 1. The summed E-state index contributed by atoms with van der Waals surface area (Å²) >= 11 is 0. The van der Waals surface area contributed by atoms with Gasteiger partial charge in [-0.25, -0.2) is 17.6 Å². The van der Waals surface area contributed by atoms with Gasteiger partial charge >= 0.3 is 5.97 Å². The Hall–Kier alpha value is -1.83. The topological polar surface area (TPSA) is 109 Å². The molecule has 1 rings (SSSR count). The van der Waals surface area contributed by atoms with Crippen LogP contribution in [0, 0.1) is 5.82 Å². The lowest BCUT2D eigenvalue weighted by molar-refractivity contribution is 0.0698. The number of rotatable bonds is 5. The highest BCUT2D eigenvalue weighted by molar-refractivity contribution is 7.90. The summed E-state index contributed by atoms with van der Waals surface area (Å²) in [5.74, 6) is -2.21. The molecule has 1 aromatic carbocycles. The van der Waals surface area contributed by atoms with E-state index in [2.05, 4.69) is 5.32 Å². The number of nitrogen functional groups attached to an aromatic ring is 1. The fourth-order valence-corrected chi connectivity index (χ4v) is 2.64.